The van der Waals surface area contributed by atoms with Gasteiger partial charge in [-0.25, -0.2) is 0 Å². The molecule has 0 unspecified atom stereocenters. The molecule has 2 aromatic rings. The second-order valence-electron chi connectivity index (χ2n) is 6.59. The van der Waals surface area contributed by atoms with Gasteiger partial charge in [-0.3, -0.25) is 14.9 Å². The first-order valence-electron chi connectivity index (χ1n) is 8.88. The van der Waals surface area contributed by atoms with E-state index in [1.807, 2.05) is 11.9 Å². The highest BCUT2D eigenvalue weighted by Gasteiger charge is 2.20. The number of anilines is 1. The van der Waals surface area contributed by atoms with E-state index in [9.17, 15) is 9.59 Å². The van der Waals surface area contributed by atoms with Crippen LogP contribution in [-0.4, -0.2) is 60.0 Å². The molecule has 0 aromatic heterocycles. The molecular weight excluding hydrogens is 396 g/mol. The summed E-state index contributed by atoms with van der Waals surface area (Å²) in [6, 6.07) is 13.6. The van der Waals surface area contributed by atoms with Gasteiger partial charge < -0.3 is 15.1 Å². The summed E-state index contributed by atoms with van der Waals surface area (Å²) in [6.07, 6.45) is 0. The van der Waals surface area contributed by atoms with Gasteiger partial charge in [0.25, 0.3) is 11.8 Å². The lowest BCUT2D eigenvalue weighted by molar-refractivity contribution is 0.0664. The minimum Gasteiger partial charge on any atom is -0.336 e. The van der Waals surface area contributed by atoms with Crippen molar-refractivity contribution in [3.63, 3.8) is 0 Å². The molecule has 1 saturated heterocycles. The second kappa shape index (κ2) is 9.14. The van der Waals surface area contributed by atoms with Crippen LogP contribution in [0.5, 0.6) is 0 Å². The van der Waals surface area contributed by atoms with Crippen LogP contribution in [0.1, 0.15) is 20.7 Å². The SMILES string of the molecule is CN1CCN(C(=O)c2cccc(NC(=S)NC(=O)c3ccc(Cl)cc3)c2)CC1. The number of carbonyl (C=O) groups excluding carboxylic acids is 2. The van der Waals surface area contributed by atoms with Gasteiger partial charge in [0, 0.05) is 48.0 Å². The third-order valence-electron chi connectivity index (χ3n) is 4.49. The average molecular weight is 417 g/mol. The highest BCUT2D eigenvalue weighted by molar-refractivity contribution is 7.80. The van der Waals surface area contributed by atoms with Gasteiger partial charge in [-0.05, 0) is 61.7 Å². The lowest BCUT2D eigenvalue weighted by Gasteiger charge is -2.32. The van der Waals surface area contributed by atoms with Crippen LogP contribution in [0, 0.1) is 0 Å². The van der Waals surface area contributed by atoms with E-state index >= 15 is 0 Å². The predicted molar refractivity (Wildman–Crippen MR) is 115 cm³/mol. The molecule has 146 valence electrons. The summed E-state index contributed by atoms with van der Waals surface area (Å²) in [4.78, 5) is 29.0. The molecule has 0 bridgehead atoms. The summed E-state index contributed by atoms with van der Waals surface area (Å²) in [5.41, 5.74) is 1.68. The summed E-state index contributed by atoms with van der Waals surface area (Å²) < 4.78 is 0. The normalized spacial score (nSPS) is 14.4. The van der Waals surface area contributed by atoms with E-state index in [0.717, 1.165) is 13.1 Å². The number of benzene rings is 2. The third-order valence-corrected chi connectivity index (χ3v) is 4.95. The standard InChI is InChI=1S/C20H21ClN4O2S/c1-24-9-11-25(12-10-24)19(27)15-3-2-4-17(13-15)22-20(28)23-18(26)14-5-7-16(21)8-6-14/h2-8,13H,9-12H2,1H3,(H2,22,23,26,28). The first-order valence-corrected chi connectivity index (χ1v) is 9.67. The fourth-order valence-electron chi connectivity index (χ4n) is 2.86. The van der Waals surface area contributed by atoms with Crippen LogP contribution in [0.25, 0.3) is 0 Å². The lowest BCUT2D eigenvalue weighted by Crippen LogP contribution is -2.47. The van der Waals surface area contributed by atoms with Gasteiger partial charge in [0.2, 0.25) is 0 Å². The molecule has 8 heteroatoms. The second-order valence-corrected chi connectivity index (χ2v) is 7.44. The van der Waals surface area contributed by atoms with Gasteiger partial charge in [-0.1, -0.05) is 17.7 Å². The Hall–Kier alpha value is -2.48. The molecule has 1 aliphatic rings. The molecule has 6 nitrogen and oxygen atoms in total. The van der Waals surface area contributed by atoms with Crippen molar-refractivity contribution in [1.82, 2.24) is 15.1 Å². The number of piperazine rings is 1. The number of likely N-dealkylation sites (N-methyl/N-ethyl adjacent to an activating group) is 1. The van der Waals surface area contributed by atoms with Gasteiger partial charge in [-0.15, -0.1) is 0 Å². The molecule has 2 N–H and O–H groups in total. The van der Waals surface area contributed by atoms with E-state index in [4.69, 9.17) is 23.8 Å². The number of hydrogen-bond donors (Lipinski definition) is 2. The van der Waals surface area contributed by atoms with Crippen molar-refractivity contribution < 1.29 is 9.59 Å². The molecule has 1 fully saturated rings. The molecule has 2 aromatic carbocycles. The molecular formula is C20H21ClN4O2S. The topological polar surface area (TPSA) is 64.7 Å². The smallest absolute Gasteiger partial charge is 0.257 e. The number of halogens is 1. The summed E-state index contributed by atoms with van der Waals surface area (Å²) in [5.74, 6) is -0.341. The van der Waals surface area contributed by atoms with Crippen LogP contribution >= 0.6 is 23.8 Å². The van der Waals surface area contributed by atoms with E-state index in [1.165, 1.54) is 0 Å². The molecule has 2 amide bonds. The molecule has 0 spiro atoms. The van der Waals surface area contributed by atoms with Crippen molar-refractivity contribution in [1.29, 1.82) is 0 Å². The predicted octanol–water partition coefficient (Wildman–Crippen LogP) is 2.85. The average Bonchev–Trinajstić information content (AvgIpc) is 2.68. The fraction of sp³-hybridized carbons (Fsp3) is 0.250. The van der Waals surface area contributed by atoms with Crippen LogP contribution in [0.3, 0.4) is 0 Å². The summed E-state index contributed by atoms with van der Waals surface area (Å²) in [7, 11) is 2.05. The van der Waals surface area contributed by atoms with E-state index in [1.54, 1.807) is 48.5 Å². The summed E-state index contributed by atoms with van der Waals surface area (Å²) in [5, 5.41) is 6.28. The minimum atomic E-state index is -0.334. The number of thiocarbonyl (C=S) groups is 1. The molecule has 0 saturated carbocycles. The zero-order valence-corrected chi connectivity index (χ0v) is 17.0. The Kier molecular flexibility index (Phi) is 6.61. The van der Waals surface area contributed by atoms with Gasteiger partial charge in [0.15, 0.2) is 5.11 Å². The molecule has 28 heavy (non-hydrogen) atoms. The Bertz CT molecular complexity index is 880. The first kappa shape index (κ1) is 20.3. The first-order chi connectivity index (χ1) is 13.4. The Morgan fingerprint density at radius 3 is 2.36 bits per heavy atom. The van der Waals surface area contributed by atoms with Crippen molar-refractivity contribution in [2.75, 3.05) is 38.5 Å². The minimum absolute atomic E-state index is 0.00660. The van der Waals surface area contributed by atoms with Crippen molar-refractivity contribution in [2.45, 2.75) is 0 Å². The maximum absolute atomic E-state index is 12.7. The Labute approximate surface area is 174 Å². The fourth-order valence-corrected chi connectivity index (χ4v) is 3.20. The van der Waals surface area contributed by atoms with E-state index in [2.05, 4.69) is 15.5 Å². The van der Waals surface area contributed by atoms with Crippen LogP contribution in [-0.2, 0) is 0 Å². The number of amides is 2. The van der Waals surface area contributed by atoms with Gasteiger partial charge >= 0.3 is 0 Å². The maximum atomic E-state index is 12.7. The maximum Gasteiger partial charge on any atom is 0.257 e. The van der Waals surface area contributed by atoms with Crippen LogP contribution in [0.15, 0.2) is 48.5 Å². The van der Waals surface area contributed by atoms with Gasteiger partial charge in [-0.2, -0.15) is 0 Å². The quantitative estimate of drug-likeness (QED) is 0.753. The monoisotopic (exact) mass is 416 g/mol. The van der Waals surface area contributed by atoms with Crippen molar-refractivity contribution in [3.05, 3.63) is 64.7 Å². The number of nitrogens with one attached hydrogen (secondary N) is 2. The van der Waals surface area contributed by atoms with Crippen LogP contribution in [0.2, 0.25) is 5.02 Å². The lowest BCUT2D eigenvalue weighted by atomic mass is 10.1. The zero-order chi connectivity index (χ0) is 20.1. The highest BCUT2D eigenvalue weighted by Crippen LogP contribution is 2.14. The largest absolute Gasteiger partial charge is 0.336 e. The number of carbonyl (C=O) groups is 2. The number of nitrogens with zero attached hydrogens (tertiary/aromatic N) is 2. The van der Waals surface area contributed by atoms with Crippen molar-refractivity contribution in [2.24, 2.45) is 0 Å². The summed E-state index contributed by atoms with van der Waals surface area (Å²) >= 11 is 11.0. The zero-order valence-electron chi connectivity index (χ0n) is 15.4. The molecule has 0 atom stereocenters. The Morgan fingerprint density at radius 2 is 1.68 bits per heavy atom. The summed E-state index contributed by atoms with van der Waals surface area (Å²) in [6.45, 7) is 3.15. The van der Waals surface area contributed by atoms with Crippen molar-refractivity contribution >= 4 is 46.4 Å². The molecule has 0 radical (unpaired) electrons. The van der Waals surface area contributed by atoms with E-state index in [-0.39, 0.29) is 16.9 Å². The number of hydrogen-bond acceptors (Lipinski definition) is 4. The number of rotatable bonds is 3. The van der Waals surface area contributed by atoms with Crippen LogP contribution < -0.4 is 10.6 Å². The Morgan fingerprint density at radius 1 is 1.00 bits per heavy atom. The van der Waals surface area contributed by atoms with Crippen molar-refractivity contribution in [3.8, 4) is 0 Å². The molecule has 0 aliphatic carbocycles. The highest BCUT2D eigenvalue weighted by atomic mass is 35.5. The van der Waals surface area contributed by atoms with E-state index in [0.29, 0.717) is 34.9 Å². The van der Waals surface area contributed by atoms with E-state index < -0.39 is 0 Å². The van der Waals surface area contributed by atoms with Gasteiger partial charge in [0.05, 0.1) is 0 Å². The van der Waals surface area contributed by atoms with Crippen LogP contribution in [0.4, 0.5) is 5.69 Å². The molecule has 3 rings (SSSR count). The molecule has 1 aliphatic heterocycles. The third kappa shape index (κ3) is 5.28. The Balaban J connectivity index is 1.60. The van der Waals surface area contributed by atoms with Gasteiger partial charge in [0.1, 0.15) is 0 Å². The molecule has 1 heterocycles.